The highest BCUT2D eigenvalue weighted by Gasteiger charge is 2.13. The van der Waals surface area contributed by atoms with Crippen LogP contribution in [0.3, 0.4) is 0 Å². The van der Waals surface area contributed by atoms with Crippen molar-refractivity contribution in [2.45, 2.75) is 6.10 Å². The van der Waals surface area contributed by atoms with E-state index in [0.717, 1.165) is 5.69 Å². The van der Waals surface area contributed by atoms with Crippen LogP contribution in [0.5, 0.6) is 11.5 Å². The first-order chi connectivity index (χ1) is 11.0. The van der Waals surface area contributed by atoms with Crippen molar-refractivity contribution in [1.82, 2.24) is 9.88 Å². The summed E-state index contributed by atoms with van der Waals surface area (Å²) in [5.41, 5.74) is 1.24. The predicted molar refractivity (Wildman–Crippen MR) is 86.9 cm³/mol. The summed E-state index contributed by atoms with van der Waals surface area (Å²) in [4.78, 5) is 12.0. The van der Waals surface area contributed by atoms with Gasteiger partial charge in [0.1, 0.15) is 17.6 Å². The molecule has 1 heterocycles. The SMILES string of the molecule is COc1ccc(NC(=O)NCC(O)c2cccn2C)c(OC)c1. The van der Waals surface area contributed by atoms with E-state index in [2.05, 4.69) is 10.6 Å². The van der Waals surface area contributed by atoms with E-state index in [-0.39, 0.29) is 6.54 Å². The van der Waals surface area contributed by atoms with E-state index in [1.165, 1.54) is 7.11 Å². The molecule has 0 bridgehead atoms. The molecule has 0 fully saturated rings. The number of amides is 2. The molecule has 1 atom stereocenters. The van der Waals surface area contributed by atoms with E-state index in [1.807, 2.05) is 19.3 Å². The standard InChI is InChI=1S/C16H21N3O4/c1-19-8-4-5-13(19)14(20)10-17-16(21)18-12-7-6-11(22-2)9-15(12)23-3/h4-9,14,20H,10H2,1-3H3,(H2,17,18,21). The first-order valence-electron chi connectivity index (χ1n) is 7.11. The number of anilines is 1. The van der Waals surface area contributed by atoms with Crippen LogP contribution < -0.4 is 20.1 Å². The maximum atomic E-state index is 12.0. The first-order valence-corrected chi connectivity index (χ1v) is 7.11. The van der Waals surface area contributed by atoms with Gasteiger partial charge in [-0.05, 0) is 24.3 Å². The number of aliphatic hydroxyl groups excluding tert-OH is 1. The Morgan fingerprint density at radius 2 is 2.09 bits per heavy atom. The molecule has 0 aliphatic carbocycles. The second-order valence-electron chi connectivity index (χ2n) is 4.96. The molecule has 3 N–H and O–H groups in total. The molecule has 2 aromatic rings. The second-order valence-corrected chi connectivity index (χ2v) is 4.96. The largest absolute Gasteiger partial charge is 0.497 e. The number of aryl methyl sites for hydroxylation is 1. The Kier molecular flexibility index (Phi) is 5.48. The number of carbonyl (C=O) groups excluding carboxylic acids is 1. The average Bonchev–Trinajstić information content (AvgIpc) is 2.99. The third-order valence-electron chi connectivity index (χ3n) is 3.44. The van der Waals surface area contributed by atoms with Crippen molar-refractivity contribution in [3.05, 3.63) is 42.2 Å². The number of ether oxygens (including phenoxy) is 2. The predicted octanol–water partition coefficient (Wildman–Crippen LogP) is 1.90. The van der Waals surface area contributed by atoms with Gasteiger partial charge in [-0.15, -0.1) is 0 Å². The molecule has 0 aliphatic heterocycles. The number of nitrogens with zero attached hydrogens (tertiary/aromatic N) is 1. The molecular weight excluding hydrogens is 298 g/mol. The third-order valence-corrected chi connectivity index (χ3v) is 3.44. The van der Waals surface area contributed by atoms with Crippen LogP contribution in [0.2, 0.25) is 0 Å². The lowest BCUT2D eigenvalue weighted by atomic mass is 10.2. The van der Waals surface area contributed by atoms with Gasteiger partial charge in [-0.3, -0.25) is 0 Å². The van der Waals surface area contributed by atoms with Crippen molar-refractivity contribution >= 4 is 11.7 Å². The van der Waals surface area contributed by atoms with Gasteiger partial charge in [0.25, 0.3) is 0 Å². The van der Waals surface area contributed by atoms with E-state index in [9.17, 15) is 9.90 Å². The van der Waals surface area contributed by atoms with Gasteiger partial charge in [0.2, 0.25) is 0 Å². The molecule has 0 aliphatic rings. The Labute approximate surface area is 134 Å². The number of aromatic nitrogens is 1. The minimum absolute atomic E-state index is 0.0994. The average molecular weight is 319 g/mol. The molecule has 7 heteroatoms. The molecule has 2 rings (SSSR count). The van der Waals surface area contributed by atoms with Crippen molar-refractivity contribution < 1.29 is 19.4 Å². The van der Waals surface area contributed by atoms with Gasteiger partial charge in [0.05, 0.1) is 26.5 Å². The van der Waals surface area contributed by atoms with Crippen molar-refractivity contribution in [3.8, 4) is 11.5 Å². The van der Waals surface area contributed by atoms with Gasteiger partial charge < -0.3 is 29.8 Å². The zero-order valence-corrected chi connectivity index (χ0v) is 13.4. The Balaban J connectivity index is 1.93. The van der Waals surface area contributed by atoms with Crippen LogP contribution in [-0.4, -0.2) is 36.5 Å². The molecule has 1 aromatic heterocycles. The van der Waals surface area contributed by atoms with Crippen LogP contribution in [0.25, 0.3) is 0 Å². The molecule has 0 saturated carbocycles. The molecular formula is C16H21N3O4. The quantitative estimate of drug-likeness (QED) is 0.759. The van der Waals surface area contributed by atoms with E-state index in [1.54, 1.807) is 35.9 Å². The van der Waals surface area contributed by atoms with E-state index in [0.29, 0.717) is 17.2 Å². The number of urea groups is 1. The Morgan fingerprint density at radius 3 is 2.70 bits per heavy atom. The van der Waals surface area contributed by atoms with Crippen molar-refractivity contribution in [3.63, 3.8) is 0 Å². The molecule has 124 valence electrons. The zero-order chi connectivity index (χ0) is 16.8. The number of rotatable bonds is 6. The summed E-state index contributed by atoms with van der Waals surface area (Å²) in [5.74, 6) is 1.12. The van der Waals surface area contributed by atoms with Crippen LogP contribution in [-0.2, 0) is 7.05 Å². The second kappa shape index (κ2) is 7.55. The van der Waals surface area contributed by atoms with Crippen molar-refractivity contribution in [2.24, 2.45) is 7.05 Å². The summed E-state index contributed by atoms with van der Waals surface area (Å²) < 4.78 is 12.1. The van der Waals surface area contributed by atoms with Crippen LogP contribution in [0.4, 0.5) is 10.5 Å². The fourth-order valence-corrected chi connectivity index (χ4v) is 2.18. The van der Waals surface area contributed by atoms with Gasteiger partial charge in [-0.1, -0.05) is 0 Å². The molecule has 1 unspecified atom stereocenters. The molecule has 1 aromatic carbocycles. The van der Waals surface area contributed by atoms with Crippen molar-refractivity contribution in [2.75, 3.05) is 26.1 Å². The van der Waals surface area contributed by atoms with Crippen molar-refractivity contribution in [1.29, 1.82) is 0 Å². The number of hydrogen-bond donors (Lipinski definition) is 3. The van der Waals surface area contributed by atoms with Gasteiger partial charge in [0.15, 0.2) is 0 Å². The summed E-state index contributed by atoms with van der Waals surface area (Å²) >= 11 is 0. The summed E-state index contributed by atoms with van der Waals surface area (Å²) in [7, 11) is 4.90. The molecule has 2 amide bonds. The smallest absolute Gasteiger partial charge is 0.319 e. The molecule has 0 spiro atoms. The van der Waals surface area contributed by atoms with E-state index < -0.39 is 12.1 Å². The molecule has 23 heavy (non-hydrogen) atoms. The van der Waals surface area contributed by atoms with Crippen LogP contribution in [0, 0.1) is 0 Å². The fraction of sp³-hybridized carbons (Fsp3) is 0.312. The number of benzene rings is 1. The highest BCUT2D eigenvalue weighted by atomic mass is 16.5. The summed E-state index contributed by atoms with van der Waals surface area (Å²) in [6.45, 7) is 0.0994. The van der Waals surface area contributed by atoms with E-state index >= 15 is 0 Å². The topological polar surface area (TPSA) is 84.8 Å². The van der Waals surface area contributed by atoms with Gasteiger partial charge in [0, 0.05) is 25.0 Å². The molecule has 0 radical (unpaired) electrons. The van der Waals surface area contributed by atoms with Crippen LogP contribution in [0.1, 0.15) is 11.8 Å². The minimum Gasteiger partial charge on any atom is -0.497 e. The maximum absolute atomic E-state index is 12.0. The third kappa shape index (κ3) is 4.17. The lowest BCUT2D eigenvalue weighted by molar-refractivity contribution is 0.167. The molecule has 0 saturated heterocycles. The Hall–Kier alpha value is -2.67. The normalized spacial score (nSPS) is 11.7. The minimum atomic E-state index is -0.779. The Bertz CT molecular complexity index is 669. The van der Waals surface area contributed by atoms with Crippen LogP contribution >= 0.6 is 0 Å². The fourth-order valence-electron chi connectivity index (χ4n) is 2.18. The highest BCUT2D eigenvalue weighted by molar-refractivity contribution is 5.91. The lowest BCUT2D eigenvalue weighted by Crippen LogP contribution is -2.32. The van der Waals surface area contributed by atoms with E-state index in [4.69, 9.17) is 9.47 Å². The number of hydrogen-bond acceptors (Lipinski definition) is 4. The zero-order valence-electron chi connectivity index (χ0n) is 13.4. The first kappa shape index (κ1) is 16.7. The van der Waals surface area contributed by atoms with Gasteiger partial charge in [-0.25, -0.2) is 4.79 Å². The van der Waals surface area contributed by atoms with Gasteiger partial charge in [-0.2, -0.15) is 0 Å². The summed E-state index contributed by atoms with van der Waals surface area (Å²) in [6.07, 6.45) is 1.06. The maximum Gasteiger partial charge on any atom is 0.319 e. The lowest BCUT2D eigenvalue weighted by Gasteiger charge is -2.15. The molecule has 7 nitrogen and oxygen atoms in total. The van der Waals surface area contributed by atoms with Gasteiger partial charge >= 0.3 is 6.03 Å². The number of carbonyl (C=O) groups is 1. The number of nitrogens with one attached hydrogen (secondary N) is 2. The number of aliphatic hydroxyl groups is 1. The highest BCUT2D eigenvalue weighted by Crippen LogP contribution is 2.28. The number of methoxy groups -OCH3 is 2. The summed E-state index contributed by atoms with van der Waals surface area (Å²) in [5, 5.41) is 15.4. The Morgan fingerprint density at radius 1 is 1.30 bits per heavy atom. The summed E-state index contributed by atoms with van der Waals surface area (Å²) in [6, 6.07) is 8.29. The monoisotopic (exact) mass is 319 g/mol. The van der Waals surface area contributed by atoms with Crippen LogP contribution in [0.15, 0.2) is 36.5 Å².